The summed E-state index contributed by atoms with van der Waals surface area (Å²) < 4.78 is 13.8. The Kier molecular flexibility index (Phi) is 4.34. The summed E-state index contributed by atoms with van der Waals surface area (Å²) in [6.07, 6.45) is 0. The first-order valence-electron chi connectivity index (χ1n) is 6.30. The van der Waals surface area contributed by atoms with Gasteiger partial charge in [-0.15, -0.1) is 0 Å². The number of primary amides is 1. The van der Waals surface area contributed by atoms with Crippen molar-refractivity contribution < 1.29 is 9.18 Å². The Balaban J connectivity index is 2.04. The van der Waals surface area contributed by atoms with Crippen LogP contribution in [0.1, 0.15) is 5.56 Å². The van der Waals surface area contributed by atoms with Gasteiger partial charge in [-0.3, -0.25) is 4.90 Å². The normalized spacial score (nSPS) is 17.4. The number of urea groups is 1. The number of halogens is 1. The number of nitrogens with two attached hydrogens (primary N) is 1. The first kappa shape index (κ1) is 13.8. The molecule has 0 saturated carbocycles. The number of amides is 2. The number of hydrogen-bond donors (Lipinski definition) is 2. The van der Waals surface area contributed by atoms with Gasteiger partial charge in [-0.2, -0.15) is 0 Å². The average molecular weight is 266 g/mol. The molecule has 2 amide bonds. The highest BCUT2D eigenvalue weighted by atomic mass is 19.1. The minimum absolute atomic E-state index is 0.256. The lowest BCUT2D eigenvalue weighted by Crippen LogP contribution is -2.44. The summed E-state index contributed by atoms with van der Waals surface area (Å²) in [7, 11) is 2.08. The highest BCUT2D eigenvalue weighted by molar-refractivity contribution is 5.87. The summed E-state index contributed by atoms with van der Waals surface area (Å²) >= 11 is 0. The van der Waals surface area contributed by atoms with E-state index in [0.29, 0.717) is 17.8 Å². The largest absolute Gasteiger partial charge is 0.351 e. The van der Waals surface area contributed by atoms with Gasteiger partial charge in [0.1, 0.15) is 5.82 Å². The van der Waals surface area contributed by atoms with Crippen molar-refractivity contribution in [3.63, 3.8) is 0 Å². The van der Waals surface area contributed by atoms with Crippen LogP contribution in [-0.4, -0.2) is 49.1 Å². The molecule has 1 aliphatic heterocycles. The Morgan fingerprint density at radius 2 is 2.05 bits per heavy atom. The van der Waals surface area contributed by atoms with Gasteiger partial charge in [0.25, 0.3) is 0 Å². The molecule has 19 heavy (non-hydrogen) atoms. The molecule has 1 aromatic carbocycles. The van der Waals surface area contributed by atoms with Crippen LogP contribution in [0.25, 0.3) is 0 Å². The van der Waals surface area contributed by atoms with Crippen LogP contribution in [0.15, 0.2) is 18.2 Å². The quantitative estimate of drug-likeness (QED) is 0.860. The van der Waals surface area contributed by atoms with Gasteiger partial charge >= 0.3 is 6.03 Å². The zero-order valence-corrected chi connectivity index (χ0v) is 11.0. The third-order valence-electron chi connectivity index (χ3n) is 3.30. The van der Waals surface area contributed by atoms with Crippen LogP contribution in [0.2, 0.25) is 0 Å². The number of carbonyl (C=O) groups excluding carboxylic acids is 1. The first-order chi connectivity index (χ1) is 9.04. The van der Waals surface area contributed by atoms with Gasteiger partial charge in [0.2, 0.25) is 0 Å². The minimum Gasteiger partial charge on any atom is -0.351 e. The predicted molar refractivity (Wildman–Crippen MR) is 72.4 cm³/mol. The molecule has 3 N–H and O–H groups in total. The van der Waals surface area contributed by atoms with E-state index in [1.807, 2.05) is 0 Å². The predicted octanol–water partition coefficient (Wildman–Crippen LogP) is 1.06. The van der Waals surface area contributed by atoms with Gasteiger partial charge in [-0.05, 0) is 25.2 Å². The third-order valence-corrected chi connectivity index (χ3v) is 3.30. The van der Waals surface area contributed by atoms with E-state index >= 15 is 0 Å². The fraction of sp³-hybridized carbons (Fsp3) is 0.462. The topological polar surface area (TPSA) is 61.6 Å². The Bertz CT molecular complexity index is 458. The standard InChI is InChI=1S/C13H19FN4O/c1-17-4-6-18(7-5-17)9-10-8-11(16-13(15)19)2-3-12(10)14/h2-3,8H,4-7,9H2,1H3,(H3,15,16,19). The molecule has 0 aromatic heterocycles. The molecular weight excluding hydrogens is 247 g/mol. The number of rotatable bonds is 3. The second-order valence-corrected chi connectivity index (χ2v) is 4.87. The van der Waals surface area contributed by atoms with E-state index in [1.54, 1.807) is 6.07 Å². The van der Waals surface area contributed by atoms with Gasteiger partial charge in [0, 0.05) is 44.0 Å². The molecule has 0 bridgehead atoms. The molecule has 0 unspecified atom stereocenters. The van der Waals surface area contributed by atoms with E-state index in [2.05, 4.69) is 22.2 Å². The molecule has 1 aromatic rings. The highest BCUT2D eigenvalue weighted by Gasteiger charge is 2.15. The molecule has 6 heteroatoms. The number of likely N-dealkylation sites (N-methyl/N-ethyl adjacent to an activating group) is 1. The maximum atomic E-state index is 13.8. The fourth-order valence-corrected chi connectivity index (χ4v) is 2.16. The monoisotopic (exact) mass is 266 g/mol. The number of nitrogens with zero attached hydrogens (tertiary/aromatic N) is 2. The molecule has 5 nitrogen and oxygen atoms in total. The lowest BCUT2D eigenvalue weighted by atomic mass is 10.1. The minimum atomic E-state index is -0.642. The van der Waals surface area contributed by atoms with Crippen molar-refractivity contribution >= 4 is 11.7 Å². The number of anilines is 1. The molecule has 0 radical (unpaired) electrons. The third kappa shape index (κ3) is 3.90. The second kappa shape index (κ2) is 5.99. The Morgan fingerprint density at radius 3 is 2.68 bits per heavy atom. The van der Waals surface area contributed by atoms with Gasteiger partial charge < -0.3 is 16.0 Å². The van der Waals surface area contributed by atoms with Gasteiger partial charge in [0.15, 0.2) is 0 Å². The fourth-order valence-electron chi connectivity index (χ4n) is 2.16. The summed E-state index contributed by atoms with van der Waals surface area (Å²) in [5, 5.41) is 2.46. The van der Waals surface area contributed by atoms with Crippen molar-refractivity contribution in [1.82, 2.24) is 9.80 Å². The molecule has 0 spiro atoms. The van der Waals surface area contributed by atoms with Crippen LogP contribution >= 0.6 is 0 Å². The smallest absolute Gasteiger partial charge is 0.316 e. The molecule has 1 aliphatic rings. The van der Waals surface area contributed by atoms with Crippen LogP contribution in [0.4, 0.5) is 14.9 Å². The van der Waals surface area contributed by atoms with Crippen LogP contribution < -0.4 is 11.1 Å². The van der Waals surface area contributed by atoms with E-state index in [1.165, 1.54) is 12.1 Å². The molecular formula is C13H19FN4O. The van der Waals surface area contributed by atoms with Gasteiger partial charge in [-0.25, -0.2) is 9.18 Å². The molecule has 1 saturated heterocycles. The zero-order valence-electron chi connectivity index (χ0n) is 11.0. The van der Waals surface area contributed by atoms with E-state index in [4.69, 9.17) is 5.73 Å². The molecule has 0 atom stereocenters. The number of nitrogens with one attached hydrogen (secondary N) is 1. The average Bonchev–Trinajstić information content (AvgIpc) is 2.35. The zero-order chi connectivity index (χ0) is 13.8. The number of hydrogen-bond acceptors (Lipinski definition) is 3. The van der Waals surface area contributed by atoms with E-state index in [9.17, 15) is 9.18 Å². The van der Waals surface area contributed by atoms with Crippen LogP contribution in [-0.2, 0) is 6.54 Å². The van der Waals surface area contributed by atoms with Gasteiger partial charge in [-0.1, -0.05) is 0 Å². The Labute approximate surface area is 112 Å². The van der Waals surface area contributed by atoms with Crippen molar-refractivity contribution in [1.29, 1.82) is 0 Å². The van der Waals surface area contributed by atoms with E-state index in [0.717, 1.165) is 26.2 Å². The highest BCUT2D eigenvalue weighted by Crippen LogP contribution is 2.17. The van der Waals surface area contributed by atoms with Crippen LogP contribution in [0, 0.1) is 5.82 Å². The summed E-state index contributed by atoms with van der Waals surface area (Å²) in [5.41, 5.74) is 6.16. The maximum Gasteiger partial charge on any atom is 0.316 e. The first-order valence-corrected chi connectivity index (χ1v) is 6.30. The van der Waals surface area contributed by atoms with Crippen molar-refractivity contribution in [2.45, 2.75) is 6.54 Å². The second-order valence-electron chi connectivity index (χ2n) is 4.87. The molecule has 0 aliphatic carbocycles. The molecule has 1 heterocycles. The van der Waals surface area contributed by atoms with Crippen molar-refractivity contribution in [3.05, 3.63) is 29.6 Å². The van der Waals surface area contributed by atoms with E-state index in [-0.39, 0.29) is 5.82 Å². The van der Waals surface area contributed by atoms with Crippen LogP contribution in [0.3, 0.4) is 0 Å². The van der Waals surface area contributed by atoms with Gasteiger partial charge in [0.05, 0.1) is 0 Å². The van der Waals surface area contributed by atoms with Crippen molar-refractivity contribution in [2.24, 2.45) is 5.73 Å². The summed E-state index contributed by atoms with van der Waals surface area (Å²) in [4.78, 5) is 15.2. The van der Waals surface area contributed by atoms with Crippen molar-refractivity contribution in [2.75, 3.05) is 38.5 Å². The van der Waals surface area contributed by atoms with Crippen LogP contribution in [0.5, 0.6) is 0 Å². The number of piperazine rings is 1. The molecule has 1 fully saturated rings. The lowest BCUT2D eigenvalue weighted by molar-refractivity contribution is 0.147. The van der Waals surface area contributed by atoms with E-state index < -0.39 is 6.03 Å². The summed E-state index contributed by atoms with van der Waals surface area (Å²) in [6, 6.07) is 3.86. The maximum absolute atomic E-state index is 13.8. The number of benzene rings is 1. The Morgan fingerprint density at radius 1 is 1.37 bits per heavy atom. The SMILES string of the molecule is CN1CCN(Cc2cc(NC(N)=O)ccc2F)CC1. The lowest BCUT2D eigenvalue weighted by Gasteiger charge is -2.32. The Hall–Kier alpha value is -1.66. The summed E-state index contributed by atoms with van der Waals surface area (Å²) in [5.74, 6) is -0.256. The summed E-state index contributed by atoms with van der Waals surface area (Å²) in [6.45, 7) is 4.36. The number of carbonyl (C=O) groups is 1. The molecule has 2 rings (SSSR count). The molecule has 104 valence electrons. The van der Waals surface area contributed by atoms with Crippen molar-refractivity contribution in [3.8, 4) is 0 Å².